The Morgan fingerprint density at radius 1 is 1.29 bits per heavy atom. The van der Waals surface area contributed by atoms with Gasteiger partial charge in [-0.05, 0) is 43.2 Å². The highest BCUT2D eigenvalue weighted by Gasteiger charge is 2.18. The highest BCUT2D eigenvalue weighted by Crippen LogP contribution is 2.20. The molecule has 1 unspecified atom stereocenters. The van der Waals surface area contributed by atoms with Crippen molar-refractivity contribution in [2.24, 2.45) is 0 Å². The summed E-state index contributed by atoms with van der Waals surface area (Å²) in [5.74, 6) is 1.73. The molecule has 1 atom stereocenters. The number of hydrogen-bond acceptors (Lipinski definition) is 3. The third-order valence-electron chi connectivity index (χ3n) is 3.72. The van der Waals surface area contributed by atoms with E-state index in [0.717, 1.165) is 23.5 Å². The molecule has 1 amide bonds. The van der Waals surface area contributed by atoms with Crippen LogP contribution in [0.2, 0.25) is 0 Å². The summed E-state index contributed by atoms with van der Waals surface area (Å²) in [4.78, 5) is 14.0. The number of furan rings is 1. The van der Waals surface area contributed by atoms with Gasteiger partial charge in [0.1, 0.15) is 11.5 Å². The summed E-state index contributed by atoms with van der Waals surface area (Å²) in [6.07, 6.45) is 2.83. The highest BCUT2D eigenvalue weighted by atomic mass is 16.5. The number of rotatable bonds is 6. The largest absolute Gasteiger partial charge is 0.497 e. The maximum Gasteiger partial charge on any atom is 0.223 e. The molecule has 0 spiro atoms. The average Bonchev–Trinajstić information content (AvgIpc) is 3.06. The third kappa shape index (κ3) is 3.88. The van der Waals surface area contributed by atoms with E-state index in [2.05, 4.69) is 0 Å². The topological polar surface area (TPSA) is 42.7 Å². The number of hydrogen-bond donors (Lipinski definition) is 0. The van der Waals surface area contributed by atoms with Gasteiger partial charge in [-0.3, -0.25) is 4.79 Å². The zero-order valence-electron chi connectivity index (χ0n) is 12.7. The van der Waals surface area contributed by atoms with Crippen molar-refractivity contribution < 1.29 is 13.9 Å². The summed E-state index contributed by atoms with van der Waals surface area (Å²) < 4.78 is 10.5. The molecule has 21 heavy (non-hydrogen) atoms. The predicted molar refractivity (Wildman–Crippen MR) is 81.2 cm³/mol. The highest BCUT2D eigenvalue weighted by molar-refractivity contribution is 5.76. The molecule has 4 heteroatoms. The van der Waals surface area contributed by atoms with Crippen LogP contribution in [0.15, 0.2) is 47.1 Å². The van der Waals surface area contributed by atoms with Gasteiger partial charge in [0.2, 0.25) is 5.91 Å². The first-order chi connectivity index (χ1) is 10.1. The van der Waals surface area contributed by atoms with Crippen molar-refractivity contribution >= 4 is 5.91 Å². The van der Waals surface area contributed by atoms with Crippen molar-refractivity contribution in [2.75, 3.05) is 14.2 Å². The lowest BCUT2D eigenvalue weighted by atomic mass is 10.1. The number of methoxy groups -OCH3 is 1. The molecule has 0 aliphatic heterocycles. The van der Waals surface area contributed by atoms with Crippen molar-refractivity contribution in [3.8, 4) is 5.75 Å². The maximum atomic E-state index is 12.2. The average molecular weight is 287 g/mol. The number of benzene rings is 1. The van der Waals surface area contributed by atoms with Crippen LogP contribution in [0.25, 0.3) is 0 Å². The van der Waals surface area contributed by atoms with E-state index in [4.69, 9.17) is 9.15 Å². The molecule has 2 rings (SSSR count). The quantitative estimate of drug-likeness (QED) is 0.817. The van der Waals surface area contributed by atoms with Crippen LogP contribution >= 0.6 is 0 Å². The van der Waals surface area contributed by atoms with Crippen LogP contribution in [0.5, 0.6) is 5.75 Å². The van der Waals surface area contributed by atoms with E-state index < -0.39 is 0 Å². The van der Waals surface area contributed by atoms with Gasteiger partial charge in [-0.1, -0.05) is 12.1 Å². The Labute approximate surface area is 125 Å². The van der Waals surface area contributed by atoms with Gasteiger partial charge in [0.15, 0.2) is 0 Å². The SMILES string of the molecule is COc1ccc(CCC(=O)N(C)C(C)c2ccco2)cc1. The van der Waals surface area contributed by atoms with Crippen LogP contribution in [0, 0.1) is 0 Å². The fraction of sp³-hybridized carbons (Fsp3) is 0.353. The number of carbonyl (C=O) groups is 1. The summed E-state index contributed by atoms with van der Waals surface area (Å²) in [6.45, 7) is 1.96. The standard InChI is InChI=1S/C17H21NO3/c1-13(16-5-4-12-21-16)18(2)17(19)11-8-14-6-9-15(20-3)10-7-14/h4-7,9-10,12-13H,8,11H2,1-3H3. The van der Waals surface area contributed by atoms with Crippen molar-refractivity contribution in [3.63, 3.8) is 0 Å². The van der Waals surface area contributed by atoms with Crippen molar-refractivity contribution in [3.05, 3.63) is 54.0 Å². The van der Waals surface area contributed by atoms with Gasteiger partial charge in [-0.15, -0.1) is 0 Å². The summed E-state index contributed by atoms with van der Waals surface area (Å²) in [6, 6.07) is 11.5. The molecule has 1 aromatic carbocycles. The summed E-state index contributed by atoms with van der Waals surface area (Å²) >= 11 is 0. The smallest absolute Gasteiger partial charge is 0.223 e. The fourth-order valence-corrected chi connectivity index (χ4v) is 2.16. The van der Waals surface area contributed by atoms with Crippen LogP contribution < -0.4 is 4.74 Å². The molecule has 1 aromatic heterocycles. The van der Waals surface area contributed by atoms with E-state index in [9.17, 15) is 4.79 Å². The van der Waals surface area contributed by atoms with E-state index in [-0.39, 0.29) is 11.9 Å². The molecule has 0 aliphatic rings. The van der Waals surface area contributed by atoms with Crippen molar-refractivity contribution in [1.82, 2.24) is 4.90 Å². The Hall–Kier alpha value is -2.23. The Kier molecular flexibility index (Phi) is 5.04. The molecule has 112 valence electrons. The van der Waals surface area contributed by atoms with Gasteiger partial charge in [-0.25, -0.2) is 0 Å². The van der Waals surface area contributed by atoms with E-state index in [1.165, 1.54) is 0 Å². The summed E-state index contributed by atoms with van der Waals surface area (Å²) in [7, 11) is 3.45. The first-order valence-electron chi connectivity index (χ1n) is 7.04. The molecule has 0 saturated heterocycles. The molecule has 0 aliphatic carbocycles. The molecule has 0 N–H and O–H groups in total. The summed E-state index contributed by atoms with van der Waals surface area (Å²) in [5.41, 5.74) is 1.13. The number of carbonyl (C=O) groups excluding carboxylic acids is 1. The van der Waals surface area contributed by atoms with E-state index in [1.807, 2.05) is 50.4 Å². The van der Waals surface area contributed by atoms with Crippen LogP contribution in [-0.2, 0) is 11.2 Å². The molecule has 0 bridgehead atoms. The predicted octanol–water partition coefficient (Wildman–Crippen LogP) is 3.44. The Morgan fingerprint density at radius 3 is 2.57 bits per heavy atom. The molecule has 2 aromatic rings. The van der Waals surface area contributed by atoms with Crippen molar-refractivity contribution in [1.29, 1.82) is 0 Å². The molecule has 0 saturated carbocycles. The lowest BCUT2D eigenvalue weighted by Crippen LogP contribution is -2.29. The third-order valence-corrected chi connectivity index (χ3v) is 3.72. The lowest BCUT2D eigenvalue weighted by Gasteiger charge is -2.23. The second kappa shape index (κ2) is 6.97. The van der Waals surface area contributed by atoms with Crippen LogP contribution in [0.3, 0.4) is 0 Å². The fourth-order valence-electron chi connectivity index (χ4n) is 2.16. The van der Waals surface area contributed by atoms with E-state index in [0.29, 0.717) is 6.42 Å². The lowest BCUT2D eigenvalue weighted by molar-refractivity contribution is -0.132. The number of amides is 1. The second-order valence-corrected chi connectivity index (χ2v) is 5.04. The Balaban J connectivity index is 1.88. The number of nitrogens with zero attached hydrogens (tertiary/aromatic N) is 1. The minimum atomic E-state index is -0.0524. The number of ether oxygens (including phenoxy) is 1. The van der Waals surface area contributed by atoms with Gasteiger partial charge < -0.3 is 14.1 Å². The maximum absolute atomic E-state index is 12.2. The van der Waals surface area contributed by atoms with Crippen LogP contribution in [-0.4, -0.2) is 25.0 Å². The zero-order chi connectivity index (χ0) is 15.2. The minimum absolute atomic E-state index is 0.0524. The molecular formula is C17H21NO3. The van der Waals surface area contributed by atoms with Crippen LogP contribution in [0.4, 0.5) is 0 Å². The zero-order valence-corrected chi connectivity index (χ0v) is 12.7. The molecule has 0 radical (unpaired) electrons. The second-order valence-electron chi connectivity index (χ2n) is 5.04. The number of aryl methyl sites for hydroxylation is 1. The molecule has 1 heterocycles. The Morgan fingerprint density at radius 2 is 2.00 bits per heavy atom. The monoisotopic (exact) mass is 287 g/mol. The van der Waals surface area contributed by atoms with Gasteiger partial charge in [-0.2, -0.15) is 0 Å². The van der Waals surface area contributed by atoms with Gasteiger partial charge in [0, 0.05) is 13.5 Å². The Bertz CT molecular complexity index is 560. The van der Waals surface area contributed by atoms with Crippen LogP contribution in [0.1, 0.15) is 30.7 Å². The molecule has 4 nitrogen and oxygen atoms in total. The molecular weight excluding hydrogens is 266 g/mol. The van der Waals surface area contributed by atoms with Crippen molar-refractivity contribution in [2.45, 2.75) is 25.8 Å². The van der Waals surface area contributed by atoms with Gasteiger partial charge in [0.05, 0.1) is 19.4 Å². The van der Waals surface area contributed by atoms with E-state index in [1.54, 1.807) is 18.3 Å². The normalized spacial score (nSPS) is 12.0. The first-order valence-corrected chi connectivity index (χ1v) is 7.04. The summed E-state index contributed by atoms with van der Waals surface area (Å²) in [5, 5.41) is 0. The first kappa shape index (κ1) is 15.2. The van der Waals surface area contributed by atoms with Gasteiger partial charge in [0.25, 0.3) is 0 Å². The minimum Gasteiger partial charge on any atom is -0.497 e. The molecule has 0 fully saturated rings. The van der Waals surface area contributed by atoms with E-state index >= 15 is 0 Å². The van der Waals surface area contributed by atoms with Gasteiger partial charge >= 0.3 is 0 Å².